The van der Waals surface area contributed by atoms with E-state index in [1.165, 1.54) is 13.2 Å². The second kappa shape index (κ2) is 17.6. The molecule has 10 heteroatoms. The first kappa shape index (κ1) is 31.3. The zero-order valence-corrected chi connectivity index (χ0v) is 24.0. The fraction of sp³-hybridized carbons (Fsp3) is 0.500. The topological polar surface area (TPSA) is 102 Å². The molecule has 0 radical (unpaired) electrons. The summed E-state index contributed by atoms with van der Waals surface area (Å²) in [6.45, 7) is 8.61. The van der Waals surface area contributed by atoms with Crippen molar-refractivity contribution in [3.8, 4) is 5.75 Å². The van der Waals surface area contributed by atoms with Crippen LogP contribution in [-0.4, -0.2) is 67.6 Å². The SMILES string of the molecule is CCO[Si](CCCNC(=O)OCCCCOc1ccc(C=CC(=O)OC)c2ccccc12)(OCC)OCC. The van der Waals surface area contributed by atoms with Gasteiger partial charge in [-0.15, -0.1) is 0 Å². The molecule has 0 saturated carbocycles. The van der Waals surface area contributed by atoms with Crippen LogP contribution in [-0.2, 0) is 27.5 Å². The Hall–Kier alpha value is -2.92. The fourth-order valence-corrected chi connectivity index (χ4v) is 6.50. The number of alkyl carbamates (subject to hydrolysis) is 1. The third kappa shape index (κ3) is 10.4. The minimum atomic E-state index is -2.69. The van der Waals surface area contributed by atoms with Crippen LogP contribution in [0, 0.1) is 0 Å². The standard InChI is InChI=1S/C28H41NO8Si/c1-5-35-38(36-6-2,37-7-3)22-12-19-29-28(31)34-21-11-10-20-33-26-17-15-23(16-18-27(30)32-4)24-13-8-9-14-25(24)26/h8-9,13-18H,5-7,10-12,19-22H2,1-4H3,(H,29,31). The van der Waals surface area contributed by atoms with E-state index >= 15 is 0 Å². The number of hydrogen-bond donors (Lipinski definition) is 1. The average molecular weight is 548 g/mol. The van der Waals surface area contributed by atoms with Crippen LogP contribution in [0.15, 0.2) is 42.5 Å². The highest BCUT2D eigenvalue weighted by Crippen LogP contribution is 2.29. The maximum atomic E-state index is 12.0. The lowest BCUT2D eigenvalue weighted by Gasteiger charge is -2.28. The van der Waals surface area contributed by atoms with Crippen LogP contribution in [0.5, 0.6) is 5.75 Å². The molecule has 1 N–H and O–H groups in total. The molecular formula is C28H41NO8Si. The predicted octanol–water partition coefficient (Wildman–Crippen LogP) is 5.35. The summed E-state index contributed by atoms with van der Waals surface area (Å²) in [5.74, 6) is 0.360. The number of carbonyl (C=O) groups is 2. The summed E-state index contributed by atoms with van der Waals surface area (Å²) in [6.07, 6.45) is 4.78. The predicted molar refractivity (Wildman–Crippen MR) is 149 cm³/mol. The highest BCUT2D eigenvalue weighted by atomic mass is 28.4. The summed E-state index contributed by atoms with van der Waals surface area (Å²) in [5, 5.41) is 4.71. The number of rotatable bonds is 18. The van der Waals surface area contributed by atoms with Crippen LogP contribution in [0.1, 0.15) is 45.6 Å². The first-order valence-electron chi connectivity index (χ1n) is 13.2. The first-order valence-corrected chi connectivity index (χ1v) is 15.1. The smallest absolute Gasteiger partial charge is 0.493 e. The van der Waals surface area contributed by atoms with Gasteiger partial charge in [-0.25, -0.2) is 9.59 Å². The lowest BCUT2D eigenvalue weighted by atomic mass is 10.0. The molecule has 0 unspecified atom stereocenters. The van der Waals surface area contributed by atoms with Crippen LogP contribution >= 0.6 is 0 Å². The van der Waals surface area contributed by atoms with E-state index in [4.69, 9.17) is 22.8 Å². The van der Waals surface area contributed by atoms with E-state index in [1.54, 1.807) is 6.08 Å². The highest BCUT2D eigenvalue weighted by molar-refractivity contribution is 6.60. The molecule has 0 bridgehead atoms. The molecule has 0 spiro atoms. The van der Waals surface area contributed by atoms with Crippen molar-refractivity contribution in [3.05, 3.63) is 48.0 Å². The summed E-state index contributed by atoms with van der Waals surface area (Å²) in [7, 11) is -1.35. The van der Waals surface area contributed by atoms with Gasteiger partial charge in [-0.1, -0.05) is 30.3 Å². The number of ether oxygens (including phenoxy) is 3. The van der Waals surface area contributed by atoms with Crippen molar-refractivity contribution in [3.63, 3.8) is 0 Å². The molecule has 38 heavy (non-hydrogen) atoms. The Morgan fingerprint density at radius 3 is 2.18 bits per heavy atom. The van der Waals surface area contributed by atoms with Gasteiger partial charge in [0.2, 0.25) is 0 Å². The Balaban J connectivity index is 1.70. The van der Waals surface area contributed by atoms with Gasteiger partial charge in [0, 0.05) is 43.9 Å². The van der Waals surface area contributed by atoms with Gasteiger partial charge in [0.1, 0.15) is 5.75 Å². The largest absolute Gasteiger partial charge is 0.500 e. The molecule has 9 nitrogen and oxygen atoms in total. The van der Waals surface area contributed by atoms with Gasteiger partial charge in [0.05, 0.1) is 20.3 Å². The number of amides is 1. The Bertz CT molecular complexity index is 1010. The molecule has 0 fully saturated rings. The Kier molecular flexibility index (Phi) is 14.5. The Morgan fingerprint density at radius 1 is 0.868 bits per heavy atom. The molecule has 0 aromatic heterocycles. The molecule has 2 rings (SSSR count). The van der Waals surface area contributed by atoms with Gasteiger partial charge in [0.25, 0.3) is 0 Å². The maximum absolute atomic E-state index is 12.0. The number of fused-ring (bicyclic) bond motifs is 1. The number of methoxy groups -OCH3 is 1. The zero-order chi connectivity index (χ0) is 27.6. The lowest BCUT2D eigenvalue weighted by Crippen LogP contribution is -2.46. The average Bonchev–Trinajstić information content (AvgIpc) is 2.92. The third-order valence-corrected chi connectivity index (χ3v) is 8.72. The molecular weight excluding hydrogens is 506 g/mol. The molecule has 0 heterocycles. The molecule has 2 aromatic carbocycles. The van der Waals surface area contributed by atoms with E-state index in [9.17, 15) is 9.59 Å². The first-order chi connectivity index (χ1) is 18.5. The van der Waals surface area contributed by atoms with Crippen molar-refractivity contribution in [1.82, 2.24) is 5.32 Å². The Labute approximate surface area is 226 Å². The van der Waals surface area contributed by atoms with Crippen molar-refractivity contribution in [2.45, 2.75) is 46.1 Å². The van der Waals surface area contributed by atoms with E-state index < -0.39 is 20.9 Å². The third-order valence-electron chi connectivity index (χ3n) is 5.57. The van der Waals surface area contributed by atoms with Crippen LogP contribution in [0.4, 0.5) is 4.79 Å². The summed E-state index contributed by atoms with van der Waals surface area (Å²) < 4.78 is 33.4. The molecule has 0 aliphatic rings. The van der Waals surface area contributed by atoms with E-state index in [-0.39, 0.29) is 0 Å². The van der Waals surface area contributed by atoms with E-state index in [0.717, 1.165) is 28.5 Å². The molecule has 0 atom stereocenters. The quantitative estimate of drug-likeness (QED) is 0.115. The maximum Gasteiger partial charge on any atom is 0.500 e. The van der Waals surface area contributed by atoms with Gasteiger partial charge >= 0.3 is 20.9 Å². The van der Waals surface area contributed by atoms with Crippen LogP contribution in [0.3, 0.4) is 0 Å². The monoisotopic (exact) mass is 547 g/mol. The minimum Gasteiger partial charge on any atom is -0.493 e. The van der Waals surface area contributed by atoms with Crippen LogP contribution in [0.25, 0.3) is 16.8 Å². The van der Waals surface area contributed by atoms with E-state index in [1.807, 2.05) is 57.2 Å². The van der Waals surface area contributed by atoms with Gasteiger partial charge in [-0.3, -0.25) is 0 Å². The second-order valence-electron chi connectivity index (χ2n) is 8.26. The number of carbonyl (C=O) groups excluding carboxylic acids is 2. The molecule has 0 aliphatic carbocycles. The summed E-state index contributed by atoms with van der Waals surface area (Å²) >= 11 is 0. The van der Waals surface area contributed by atoms with Gasteiger partial charge in [0.15, 0.2) is 0 Å². The van der Waals surface area contributed by atoms with Crippen molar-refractivity contribution in [2.75, 3.05) is 46.7 Å². The van der Waals surface area contributed by atoms with Crippen molar-refractivity contribution >= 4 is 37.7 Å². The fourth-order valence-electron chi connectivity index (χ4n) is 3.89. The van der Waals surface area contributed by atoms with Crippen molar-refractivity contribution < 1.29 is 37.1 Å². The van der Waals surface area contributed by atoms with Crippen molar-refractivity contribution in [1.29, 1.82) is 0 Å². The number of nitrogens with one attached hydrogen (secondary N) is 1. The van der Waals surface area contributed by atoms with E-state index in [0.29, 0.717) is 58.5 Å². The molecule has 0 saturated heterocycles. The number of hydrogen-bond acceptors (Lipinski definition) is 8. The van der Waals surface area contributed by atoms with Crippen molar-refractivity contribution in [2.24, 2.45) is 0 Å². The normalized spacial score (nSPS) is 11.6. The van der Waals surface area contributed by atoms with Crippen LogP contribution in [0.2, 0.25) is 6.04 Å². The van der Waals surface area contributed by atoms with Crippen LogP contribution < -0.4 is 10.1 Å². The van der Waals surface area contributed by atoms with Gasteiger partial charge in [-0.05, 0) is 63.1 Å². The van der Waals surface area contributed by atoms with E-state index in [2.05, 4.69) is 10.1 Å². The lowest BCUT2D eigenvalue weighted by molar-refractivity contribution is -0.134. The minimum absolute atomic E-state index is 0.308. The summed E-state index contributed by atoms with van der Waals surface area (Å²) in [6, 6.07) is 12.3. The van der Waals surface area contributed by atoms with Gasteiger partial charge in [-0.2, -0.15) is 0 Å². The summed E-state index contributed by atoms with van der Waals surface area (Å²) in [4.78, 5) is 23.5. The zero-order valence-electron chi connectivity index (χ0n) is 23.0. The number of esters is 1. The molecule has 2 aromatic rings. The molecule has 210 valence electrons. The number of unbranched alkanes of at least 4 members (excludes halogenated alkanes) is 1. The second-order valence-corrected chi connectivity index (χ2v) is 11.0. The number of benzene rings is 2. The Morgan fingerprint density at radius 2 is 1.53 bits per heavy atom. The molecule has 1 amide bonds. The summed E-state index contributed by atoms with van der Waals surface area (Å²) in [5.41, 5.74) is 0.902. The van der Waals surface area contributed by atoms with Gasteiger partial charge < -0.3 is 32.8 Å². The molecule has 0 aliphatic heterocycles. The highest BCUT2D eigenvalue weighted by Gasteiger charge is 2.39.